The van der Waals surface area contributed by atoms with Crippen molar-refractivity contribution in [2.45, 2.75) is 58.6 Å². The lowest BCUT2D eigenvalue weighted by atomic mass is 10.1. The molecule has 2 aromatic carbocycles. The van der Waals surface area contributed by atoms with Gasteiger partial charge < -0.3 is 15.2 Å². The number of carbonyl (C=O) groups is 3. The summed E-state index contributed by atoms with van der Waals surface area (Å²) in [6, 6.07) is 12.0. The van der Waals surface area contributed by atoms with Gasteiger partial charge in [-0.15, -0.1) is 0 Å². The summed E-state index contributed by atoms with van der Waals surface area (Å²) in [4.78, 5) is 35.8. The Labute approximate surface area is 215 Å². The predicted molar refractivity (Wildman–Crippen MR) is 136 cm³/mol. The highest BCUT2D eigenvalue weighted by Crippen LogP contribution is 2.23. The number of nitrogens with one attached hydrogen (secondary N) is 2. The minimum absolute atomic E-state index is 0.0740. The van der Waals surface area contributed by atoms with E-state index < -0.39 is 18.1 Å². The number of nitrogens with zero attached hydrogens (tertiary/aromatic N) is 1. The fourth-order valence-corrected chi connectivity index (χ4v) is 3.54. The van der Waals surface area contributed by atoms with E-state index in [1.54, 1.807) is 37.3 Å². The molecule has 0 saturated heterocycles. The monoisotopic (exact) mass is 523 g/mol. The number of aliphatic carboxylic acids is 1. The maximum absolute atomic E-state index is 12.6. The van der Waals surface area contributed by atoms with Crippen LogP contribution >= 0.6 is 23.2 Å². The third-order valence-corrected chi connectivity index (χ3v) is 5.69. The number of urea groups is 1. The van der Waals surface area contributed by atoms with Gasteiger partial charge in [-0.25, -0.2) is 9.80 Å². The van der Waals surface area contributed by atoms with Gasteiger partial charge in [-0.1, -0.05) is 48.3 Å². The van der Waals surface area contributed by atoms with Gasteiger partial charge in [-0.3, -0.25) is 15.0 Å². The molecule has 3 amide bonds. The maximum atomic E-state index is 12.6. The second kappa shape index (κ2) is 14.4. The summed E-state index contributed by atoms with van der Waals surface area (Å²) in [5, 5.41) is 13.6. The number of hydrogen-bond donors (Lipinski definition) is 3. The van der Waals surface area contributed by atoms with Crippen LogP contribution < -0.4 is 15.5 Å². The summed E-state index contributed by atoms with van der Waals surface area (Å²) in [6.45, 7) is 4.27. The summed E-state index contributed by atoms with van der Waals surface area (Å²) in [6.07, 6.45) is 1.74. The van der Waals surface area contributed by atoms with Crippen molar-refractivity contribution >= 4 is 41.1 Å². The summed E-state index contributed by atoms with van der Waals surface area (Å²) in [5.74, 6) is -0.596. The molecule has 0 aliphatic carbocycles. The zero-order valence-corrected chi connectivity index (χ0v) is 21.4. The molecule has 1 atom stereocenters. The Morgan fingerprint density at radius 2 is 1.74 bits per heavy atom. The lowest BCUT2D eigenvalue weighted by Gasteiger charge is -2.24. The lowest BCUT2D eigenvalue weighted by molar-refractivity contribution is -0.138. The highest BCUT2D eigenvalue weighted by Gasteiger charge is 2.17. The molecule has 2 rings (SSSR count). The van der Waals surface area contributed by atoms with Gasteiger partial charge in [0.2, 0.25) is 5.91 Å². The van der Waals surface area contributed by atoms with Gasteiger partial charge in [0.05, 0.1) is 23.0 Å². The molecule has 0 aromatic heterocycles. The number of hydrazine groups is 1. The van der Waals surface area contributed by atoms with Crippen LogP contribution in [0.25, 0.3) is 0 Å². The number of carboxylic acids is 1. The van der Waals surface area contributed by atoms with E-state index in [-0.39, 0.29) is 25.3 Å². The molecule has 0 aliphatic rings. The number of ether oxygens (including phenoxy) is 1. The van der Waals surface area contributed by atoms with Crippen molar-refractivity contribution in [3.8, 4) is 5.75 Å². The van der Waals surface area contributed by atoms with E-state index in [1.165, 1.54) is 5.01 Å². The fourth-order valence-electron chi connectivity index (χ4n) is 3.22. The molecule has 1 unspecified atom stereocenters. The largest absolute Gasteiger partial charge is 0.490 e. The molecular formula is C25H31Cl2N3O5. The van der Waals surface area contributed by atoms with Crippen LogP contribution in [0.15, 0.2) is 42.5 Å². The molecule has 8 nitrogen and oxygen atoms in total. The standard InChI is InChI=1S/C25H31Cl2N3O5/c1-3-13-28-25(34)30(16-19-9-12-21(26)22(27)15-19)29-23(31)6-4-5-18-7-10-20(11-8-18)35-17(2)14-24(32)33/h7-12,15,17H,3-6,13-14,16H2,1-2H3,(H,28,34)(H,29,31)(H,32,33). The third kappa shape index (κ3) is 10.4. The Balaban J connectivity index is 1.87. The van der Waals surface area contributed by atoms with Gasteiger partial charge in [0.25, 0.3) is 0 Å². The second-order valence-corrected chi connectivity index (χ2v) is 8.94. The predicted octanol–water partition coefficient (Wildman–Crippen LogP) is 5.21. The first-order valence-corrected chi connectivity index (χ1v) is 12.2. The molecule has 3 N–H and O–H groups in total. The Hall–Kier alpha value is -2.97. The average molecular weight is 524 g/mol. The first-order valence-electron chi connectivity index (χ1n) is 11.4. The summed E-state index contributed by atoms with van der Waals surface area (Å²) >= 11 is 12.0. The molecule has 190 valence electrons. The number of hydrogen-bond acceptors (Lipinski definition) is 4. The number of halogens is 2. The highest BCUT2D eigenvalue weighted by molar-refractivity contribution is 6.42. The van der Waals surface area contributed by atoms with Crippen molar-refractivity contribution < 1.29 is 24.2 Å². The Morgan fingerprint density at radius 1 is 1.06 bits per heavy atom. The Kier molecular flexibility index (Phi) is 11.7. The van der Waals surface area contributed by atoms with Crippen molar-refractivity contribution in [3.63, 3.8) is 0 Å². The van der Waals surface area contributed by atoms with E-state index in [4.69, 9.17) is 33.0 Å². The third-order valence-electron chi connectivity index (χ3n) is 4.95. The van der Waals surface area contributed by atoms with E-state index in [0.717, 1.165) is 17.5 Å². The molecule has 2 aromatic rings. The molecule has 0 bridgehead atoms. The van der Waals surface area contributed by atoms with Crippen LogP contribution in [0.3, 0.4) is 0 Å². The number of carboxylic acid groups (broad SMARTS) is 1. The first-order chi connectivity index (χ1) is 16.7. The van der Waals surface area contributed by atoms with Gasteiger partial charge in [0.15, 0.2) is 0 Å². The fraction of sp³-hybridized carbons (Fsp3) is 0.400. The SMILES string of the molecule is CCCNC(=O)N(Cc1ccc(Cl)c(Cl)c1)NC(=O)CCCc1ccc(OC(C)CC(=O)O)cc1. The van der Waals surface area contributed by atoms with Gasteiger partial charge in [-0.05, 0) is 61.6 Å². The Bertz CT molecular complexity index is 1000. The van der Waals surface area contributed by atoms with Gasteiger partial charge in [0.1, 0.15) is 11.9 Å². The zero-order chi connectivity index (χ0) is 25.8. The van der Waals surface area contributed by atoms with Crippen molar-refractivity contribution in [2.75, 3.05) is 6.54 Å². The average Bonchev–Trinajstić information content (AvgIpc) is 2.80. The van der Waals surface area contributed by atoms with Crippen molar-refractivity contribution in [2.24, 2.45) is 0 Å². The number of benzene rings is 2. The van der Waals surface area contributed by atoms with Crippen LogP contribution in [0.2, 0.25) is 10.0 Å². The number of amides is 3. The molecule has 0 radical (unpaired) electrons. The van der Waals surface area contributed by atoms with Crippen LogP contribution in [0.4, 0.5) is 4.79 Å². The number of rotatable bonds is 12. The van der Waals surface area contributed by atoms with Crippen LogP contribution in [0, 0.1) is 0 Å². The number of carbonyl (C=O) groups excluding carboxylic acids is 2. The molecule has 0 fully saturated rings. The smallest absolute Gasteiger partial charge is 0.336 e. The van der Waals surface area contributed by atoms with Crippen LogP contribution in [-0.4, -0.2) is 40.7 Å². The second-order valence-electron chi connectivity index (χ2n) is 8.13. The van der Waals surface area contributed by atoms with E-state index in [9.17, 15) is 14.4 Å². The molecule has 0 saturated carbocycles. The summed E-state index contributed by atoms with van der Waals surface area (Å²) in [7, 11) is 0. The Morgan fingerprint density at radius 3 is 2.37 bits per heavy atom. The van der Waals surface area contributed by atoms with Gasteiger partial charge in [0, 0.05) is 13.0 Å². The van der Waals surface area contributed by atoms with Crippen LogP contribution in [0.1, 0.15) is 50.7 Å². The van der Waals surface area contributed by atoms with E-state index in [0.29, 0.717) is 35.2 Å². The van der Waals surface area contributed by atoms with Crippen LogP contribution in [0.5, 0.6) is 5.75 Å². The zero-order valence-electron chi connectivity index (χ0n) is 19.9. The molecule has 35 heavy (non-hydrogen) atoms. The van der Waals surface area contributed by atoms with Crippen molar-refractivity contribution in [1.29, 1.82) is 0 Å². The summed E-state index contributed by atoms with van der Waals surface area (Å²) in [5.41, 5.74) is 4.43. The van der Waals surface area contributed by atoms with Gasteiger partial charge >= 0.3 is 12.0 Å². The topological polar surface area (TPSA) is 108 Å². The molecule has 0 aliphatic heterocycles. The highest BCUT2D eigenvalue weighted by atomic mass is 35.5. The first kappa shape index (κ1) is 28.3. The molecule has 0 spiro atoms. The molecule has 10 heteroatoms. The van der Waals surface area contributed by atoms with E-state index in [1.807, 2.05) is 19.1 Å². The van der Waals surface area contributed by atoms with Crippen molar-refractivity contribution in [3.05, 3.63) is 63.6 Å². The normalized spacial score (nSPS) is 11.4. The minimum Gasteiger partial charge on any atom is -0.490 e. The van der Waals surface area contributed by atoms with Crippen molar-refractivity contribution in [1.82, 2.24) is 15.8 Å². The van der Waals surface area contributed by atoms with E-state index >= 15 is 0 Å². The maximum Gasteiger partial charge on any atom is 0.336 e. The van der Waals surface area contributed by atoms with Crippen LogP contribution in [-0.2, 0) is 22.6 Å². The number of aryl methyl sites for hydroxylation is 1. The summed E-state index contributed by atoms with van der Waals surface area (Å²) < 4.78 is 5.58. The lowest BCUT2D eigenvalue weighted by Crippen LogP contribution is -2.50. The molecule has 0 heterocycles. The van der Waals surface area contributed by atoms with E-state index in [2.05, 4.69) is 10.7 Å². The minimum atomic E-state index is -0.911. The molecular weight excluding hydrogens is 493 g/mol. The van der Waals surface area contributed by atoms with Gasteiger partial charge in [-0.2, -0.15) is 0 Å². The quantitative estimate of drug-likeness (QED) is 0.331.